The third-order valence-corrected chi connectivity index (χ3v) is 2.73. The maximum atomic E-state index is 9.35. The molecule has 0 aromatic heterocycles. The highest BCUT2D eigenvalue weighted by Crippen LogP contribution is 2.41. The lowest BCUT2D eigenvalue weighted by Gasteiger charge is -2.45. The molecule has 2 rings (SSSR count). The molecule has 2 aliphatic rings. The fourth-order valence-electron chi connectivity index (χ4n) is 2.07. The van der Waals surface area contributed by atoms with E-state index in [1.807, 2.05) is 0 Å². The average molecular weight is 142 g/mol. The van der Waals surface area contributed by atoms with E-state index in [-0.39, 0.29) is 6.10 Å². The molecule has 1 atom stereocenters. The Morgan fingerprint density at radius 1 is 1.40 bits per heavy atom. The maximum Gasteiger partial charge on any atom is 0.0547 e. The standard InChI is InChI=1S/C8H14O2/c9-7-2-1-3-8(4-7)5-10-6-8/h7,9H,1-6H2. The van der Waals surface area contributed by atoms with Crippen LogP contribution >= 0.6 is 0 Å². The summed E-state index contributed by atoms with van der Waals surface area (Å²) in [4.78, 5) is 0. The Bertz CT molecular complexity index is 129. The second-order valence-corrected chi connectivity index (χ2v) is 3.74. The van der Waals surface area contributed by atoms with Crippen molar-refractivity contribution in [1.82, 2.24) is 0 Å². The Hall–Kier alpha value is -0.0800. The van der Waals surface area contributed by atoms with Gasteiger partial charge in [0.1, 0.15) is 0 Å². The topological polar surface area (TPSA) is 29.5 Å². The maximum absolute atomic E-state index is 9.35. The summed E-state index contributed by atoms with van der Waals surface area (Å²) in [5.74, 6) is 0. The highest BCUT2D eigenvalue weighted by Gasteiger charge is 2.41. The predicted molar refractivity (Wildman–Crippen MR) is 37.7 cm³/mol. The van der Waals surface area contributed by atoms with Crippen LogP contribution in [0.25, 0.3) is 0 Å². The molecule has 58 valence electrons. The normalized spacial score (nSPS) is 37.5. The van der Waals surface area contributed by atoms with Gasteiger partial charge in [0.25, 0.3) is 0 Å². The van der Waals surface area contributed by atoms with Gasteiger partial charge in [-0.25, -0.2) is 0 Å². The molecule has 0 aromatic carbocycles. The van der Waals surface area contributed by atoms with Gasteiger partial charge in [-0.15, -0.1) is 0 Å². The lowest BCUT2D eigenvalue weighted by atomic mass is 9.71. The van der Waals surface area contributed by atoms with Crippen LogP contribution < -0.4 is 0 Å². The first-order valence-corrected chi connectivity index (χ1v) is 4.07. The number of aliphatic hydroxyl groups is 1. The van der Waals surface area contributed by atoms with E-state index in [1.165, 1.54) is 12.8 Å². The van der Waals surface area contributed by atoms with Crippen molar-refractivity contribution in [2.24, 2.45) is 5.41 Å². The fourth-order valence-corrected chi connectivity index (χ4v) is 2.07. The summed E-state index contributed by atoms with van der Waals surface area (Å²) in [5.41, 5.74) is 0.400. The van der Waals surface area contributed by atoms with E-state index >= 15 is 0 Å². The largest absolute Gasteiger partial charge is 0.393 e. The van der Waals surface area contributed by atoms with Crippen molar-refractivity contribution in [3.63, 3.8) is 0 Å². The Morgan fingerprint density at radius 3 is 2.60 bits per heavy atom. The van der Waals surface area contributed by atoms with Gasteiger partial charge >= 0.3 is 0 Å². The third-order valence-electron chi connectivity index (χ3n) is 2.73. The highest BCUT2D eigenvalue weighted by atomic mass is 16.5. The van der Waals surface area contributed by atoms with Crippen molar-refractivity contribution in [3.8, 4) is 0 Å². The molecule has 1 aliphatic carbocycles. The van der Waals surface area contributed by atoms with E-state index in [4.69, 9.17) is 4.74 Å². The van der Waals surface area contributed by atoms with E-state index in [2.05, 4.69) is 0 Å². The van der Waals surface area contributed by atoms with E-state index in [0.717, 1.165) is 26.1 Å². The molecule has 1 unspecified atom stereocenters. The zero-order valence-electron chi connectivity index (χ0n) is 6.18. The molecule has 1 spiro atoms. The quantitative estimate of drug-likeness (QED) is 0.545. The monoisotopic (exact) mass is 142 g/mol. The minimum Gasteiger partial charge on any atom is -0.393 e. The molecule has 1 heterocycles. The molecule has 0 amide bonds. The lowest BCUT2D eigenvalue weighted by molar-refractivity contribution is -0.149. The third kappa shape index (κ3) is 0.956. The van der Waals surface area contributed by atoms with Gasteiger partial charge < -0.3 is 9.84 Å². The number of aliphatic hydroxyl groups excluding tert-OH is 1. The van der Waals surface area contributed by atoms with Crippen molar-refractivity contribution in [3.05, 3.63) is 0 Å². The van der Waals surface area contributed by atoms with Crippen LogP contribution in [0.4, 0.5) is 0 Å². The second-order valence-electron chi connectivity index (χ2n) is 3.74. The Balaban J connectivity index is 1.96. The molecule has 1 N–H and O–H groups in total. The minimum absolute atomic E-state index is 0.0438. The smallest absolute Gasteiger partial charge is 0.0547 e. The molecule has 1 saturated heterocycles. The van der Waals surface area contributed by atoms with E-state index in [9.17, 15) is 5.11 Å². The van der Waals surface area contributed by atoms with Gasteiger partial charge in [0.2, 0.25) is 0 Å². The SMILES string of the molecule is OC1CCCC2(COC2)C1. The summed E-state index contributed by atoms with van der Waals surface area (Å²) in [6.45, 7) is 1.79. The molecule has 2 fully saturated rings. The Labute approximate surface area is 61.2 Å². The number of ether oxygens (including phenoxy) is 1. The predicted octanol–water partition coefficient (Wildman–Crippen LogP) is 0.938. The van der Waals surface area contributed by atoms with Gasteiger partial charge in [0.05, 0.1) is 19.3 Å². The summed E-state index contributed by atoms with van der Waals surface area (Å²) in [5, 5.41) is 9.35. The second kappa shape index (κ2) is 2.21. The van der Waals surface area contributed by atoms with Crippen molar-refractivity contribution < 1.29 is 9.84 Å². The van der Waals surface area contributed by atoms with Gasteiger partial charge in [-0.3, -0.25) is 0 Å². The summed E-state index contributed by atoms with van der Waals surface area (Å²) in [7, 11) is 0. The molecule has 1 aliphatic heterocycles. The van der Waals surface area contributed by atoms with Crippen molar-refractivity contribution >= 4 is 0 Å². The summed E-state index contributed by atoms with van der Waals surface area (Å²) in [6.07, 6.45) is 4.39. The molecule has 10 heavy (non-hydrogen) atoms. The first-order chi connectivity index (χ1) is 4.81. The minimum atomic E-state index is -0.0438. The van der Waals surface area contributed by atoms with Gasteiger partial charge in [0, 0.05) is 5.41 Å². The first-order valence-electron chi connectivity index (χ1n) is 4.07. The van der Waals surface area contributed by atoms with Crippen molar-refractivity contribution in [1.29, 1.82) is 0 Å². The Kier molecular flexibility index (Phi) is 1.46. The van der Waals surface area contributed by atoms with Gasteiger partial charge in [0.15, 0.2) is 0 Å². The Morgan fingerprint density at radius 2 is 2.20 bits per heavy atom. The van der Waals surface area contributed by atoms with Gasteiger partial charge in [-0.2, -0.15) is 0 Å². The van der Waals surface area contributed by atoms with Crippen LogP contribution in [0.1, 0.15) is 25.7 Å². The van der Waals surface area contributed by atoms with Crippen LogP contribution in [-0.4, -0.2) is 24.4 Å². The molecule has 0 aromatic rings. The fraction of sp³-hybridized carbons (Fsp3) is 1.00. The zero-order chi connectivity index (χ0) is 7.03. The van der Waals surface area contributed by atoms with E-state index in [0.29, 0.717) is 5.41 Å². The molecule has 1 saturated carbocycles. The average Bonchev–Trinajstić information content (AvgIpc) is 1.85. The number of rotatable bonds is 0. The summed E-state index contributed by atoms with van der Waals surface area (Å²) in [6, 6.07) is 0. The van der Waals surface area contributed by atoms with Crippen LogP contribution in [0.2, 0.25) is 0 Å². The highest BCUT2D eigenvalue weighted by molar-refractivity contribution is 4.90. The summed E-state index contributed by atoms with van der Waals surface area (Å²) < 4.78 is 5.15. The molecule has 0 radical (unpaired) electrons. The number of hydrogen-bond donors (Lipinski definition) is 1. The van der Waals surface area contributed by atoms with Crippen LogP contribution in [-0.2, 0) is 4.74 Å². The first kappa shape index (κ1) is 6.62. The molecular formula is C8H14O2. The van der Waals surface area contributed by atoms with Crippen LogP contribution in [0.3, 0.4) is 0 Å². The lowest BCUT2D eigenvalue weighted by Crippen LogP contribution is -2.47. The van der Waals surface area contributed by atoms with Crippen molar-refractivity contribution in [2.45, 2.75) is 31.8 Å². The number of hydrogen-bond acceptors (Lipinski definition) is 2. The van der Waals surface area contributed by atoms with E-state index < -0.39 is 0 Å². The molecule has 2 nitrogen and oxygen atoms in total. The zero-order valence-corrected chi connectivity index (χ0v) is 6.18. The van der Waals surface area contributed by atoms with E-state index in [1.54, 1.807) is 0 Å². The van der Waals surface area contributed by atoms with Crippen LogP contribution in [0.15, 0.2) is 0 Å². The van der Waals surface area contributed by atoms with Crippen molar-refractivity contribution in [2.75, 3.05) is 13.2 Å². The molecule has 2 heteroatoms. The summed E-state index contributed by atoms with van der Waals surface area (Å²) >= 11 is 0. The van der Waals surface area contributed by atoms with Gasteiger partial charge in [-0.1, -0.05) is 6.42 Å². The van der Waals surface area contributed by atoms with Crippen LogP contribution in [0.5, 0.6) is 0 Å². The molecule has 0 bridgehead atoms. The van der Waals surface area contributed by atoms with Gasteiger partial charge in [-0.05, 0) is 19.3 Å². The van der Waals surface area contributed by atoms with Crippen LogP contribution in [0, 0.1) is 5.41 Å². The molecular weight excluding hydrogens is 128 g/mol.